The average Bonchev–Trinajstić information content (AvgIpc) is 3.31. The van der Waals surface area contributed by atoms with E-state index in [0.717, 1.165) is 16.9 Å². The van der Waals surface area contributed by atoms with Crippen LogP contribution in [0, 0.1) is 6.92 Å². The van der Waals surface area contributed by atoms with Crippen molar-refractivity contribution in [2.75, 3.05) is 11.9 Å². The second-order valence-corrected chi connectivity index (χ2v) is 10.1. The lowest BCUT2D eigenvalue weighted by molar-refractivity contribution is -0.122. The number of thiazole rings is 1. The number of benzene rings is 2. The van der Waals surface area contributed by atoms with Crippen LogP contribution in [0.15, 0.2) is 65.7 Å². The van der Waals surface area contributed by atoms with E-state index in [0.29, 0.717) is 14.4 Å². The number of carbonyl (C=O) groups excluding carboxylic acids is 2. The van der Waals surface area contributed by atoms with Crippen molar-refractivity contribution in [3.8, 4) is 0 Å². The van der Waals surface area contributed by atoms with Crippen molar-refractivity contribution in [2.45, 2.75) is 19.8 Å². The van der Waals surface area contributed by atoms with Crippen LogP contribution in [0.4, 0.5) is 5.13 Å². The van der Waals surface area contributed by atoms with E-state index < -0.39 is 0 Å². The SMILES string of the molecule is Cc1cccc(Cc2cnc(NC(=O)CCN3C(=O)/C(=C/c4ccccc4)SC3=S)s2)c1. The number of nitrogens with zero attached hydrogens (tertiary/aromatic N) is 2. The van der Waals surface area contributed by atoms with Crippen LogP contribution in [0.25, 0.3) is 6.08 Å². The molecule has 0 saturated carbocycles. The van der Waals surface area contributed by atoms with Crippen molar-refractivity contribution in [1.82, 2.24) is 9.88 Å². The zero-order valence-corrected chi connectivity index (χ0v) is 19.9. The van der Waals surface area contributed by atoms with E-state index in [9.17, 15) is 9.59 Å². The number of thioether (sulfide) groups is 1. The molecule has 0 radical (unpaired) electrons. The lowest BCUT2D eigenvalue weighted by atomic mass is 10.1. The van der Waals surface area contributed by atoms with Gasteiger partial charge in [0.05, 0.1) is 4.91 Å². The predicted molar refractivity (Wildman–Crippen MR) is 136 cm³/mol. The molecule has 32 heavy (non-hydrogen) atoms. The number of amides is 2. The normalized spacial score (nSPS) is 14.9. The molecule has 2 aromatic carbocycles. The summed E-state index contributed by atoms with van der Waals surface area (Å²) in [6, 6.07) is 18.0. The summed E-state index contributed by atoms with van der Waals surface area (Å²) in [5.74, 6) is -0.353. The minimum absolute atomic E-state index is 0.151. The zero-order chi connectivity index (χ0) is 22.5. The molecule has 1 saturated heterocycles. The van der Waals surface area contributed by atoms with Gasteiger partial charge in [-0.25, -0.2) is 4.98 Å². The fourth-order valence-corrected chi connectivity index (χ4v) is 5.43. The number of aryl methyl sites for hydroxylation is 1. The number of anilines is 1. The van der Waals surface area contributed by atoms with Gasteiger partial charge in [0.1, 0.15) is 4.32 Å². The van der Waals surface area contributed by atoms with Crippen LogP contribution in [0.1, 0.15) is 28.0 Å². The van der Waals surface area contributed by atoms with Gasteiger partial charge in [0.2, 0.25) is 5.91 Å². The molecular formula is C24H21N3O2S3. The van der Waals surface area contributed by atoms with Crippen molar-refractivity contribution >= 4 is 62.7 Å². The molecule has 0 spiro atoms. The first kappa shape index (κ1) is 22.4. The highest BCUT2D eigenvalue weighted by atomic mass is 32.2. The molecule has 1 aliphatic heterocycles. The number of hydrogen-bond acceptors (Lipinski definition) is 6. The van der Waals surface area contributed by atoms with Gasteiger partial charge < -0.3 is 5.32 Å². The standard InChI is InChI=1S/C24H21N3O2S3/c1-16-6-5-9-18(12-16)13-19-15-25-23(31-19)26-21(28)10-11-27-22(29)20(32-24(27)30)14-17-7-3-2-4-8-17/h2-9,12,14-15H,10-11,13H2,1H3,(H,25,26,28)/b20-14-. The molecule has 1 aromatic heterocycles. The van der Waals surface area contributed by atoms with Gasteiger partial charge >= 0.3 is 0 Å². The predicted octanol–water partition coefficient (Wildman–Crippen LogP) is 5.27. The molecule has 2 amide bonds. The van der Waals surface area contributed by atoms with Crippen molar-refractivity contribution < 1.29 is 9.59 Å². The van der Waals surface area contributed by atoms with Crippen LogP contribution in [0.5, 0.6) is 0 Å². The van der Waals surface area contributed by atoms with Crippen LogP contribution >= 0.6 is 35.3 Å². The quantitative estimate of drug-likeness (QED) is 0.369. The van der Waals surface area contributed by atoms with E-state index >= 15 is 0 Å². The molecule has 0 aliphatic carbocycles. The topological polar surface area (TPSA) is 62.3 Å². The molecule has 3 aromatic rings. The monoisotopic (exact) mass is 479 g/mol. The van der Waals surface area contributed by atoms with Crippen LogP contribution in [-0.4, -0.2) is 32.6 Å². The lowest BCUT2D eigenvalue weighted by Gasteiger charge is -2.13. The third-order valence-electron chi connectivity index (χ3n) is 4.79. The van der Waals surface area contributed by atoms with Gasteiger partial charge in [0.15, 0.2) is 5.13 Å². The molecule has 1 N–H and O–H groups in total. The Morgan fingerprint density at radius 2 is 2.00 bits per heavy atom. The zero-order valence-electron chi connectivity index (χ0n) is 17.4. The summed E-state index contributed by atoms with van der Waals surface area (Å²) in [5.41, 5.74) is 3.37. The first-order valence-electron chi connectivity index (χ1n) is 10.1. The molecule has 0 bridgehead atoms. The van der Waals surface area contributed by atoms with Crippen molar-refractivity contribution in [1.29, 1.82) is 0 Å². The molecular weight excluding hydrogens is 458 g/mol. The summed E-state index contributed by atoms with van der Waals surface area (Å²) >= 11 is 8.08. The number of aromatic nitrogens is 1. The average molecular weight is 480 g/mol. The summed E-state index contributed by atoms with van der Waals surface area (Å²) in [4.78, 5) is 32.6. The van der Waals surface area contributed by atoms with E-state index in [1.807, 2.05) is 42.5 Å². The Kier molecular flexibility index (Phi) is 7.14. The van der Waals surface area contributed by atoms with Crippen LogP contribution in [0.3, 0.4) is 0 Å². The van der Waals surface area contributed by atoms with Gasteiger partial charge in [-0.2, -0.15) is 0 Å². The van der Waals surface area contributed by atoms with E-state index in [1.165, 1.54) is 39.1 Å². The summed E-state index contributed by atoms with van der Waals surface area (Å²) in [6.07, 6.45) is 4.54. The second-order valence-electron chi connectivity index (χ2n) is 7.34. The lowest BCUT2D eigenvalue weighted by Crippen LogP contribution is -2.31. The highest BCUT2D eigenvalue weighted by molar-refractivity contribution is 8.26. The third kappa shape index (κ3) is 5.70. The number of nitrogens with one attached hydrogen (secondary N) is 1. The Hall–Kier alpha value is -2.81. The van der Waals surface area contributed by atoms with E-state index in [4.69, 9.17) is 12.2 Å². The van der Waals surface area contributed by atoms with Gasteiger partial charge in [-0.05, 0) is 24.1 Å². The Bertz CT molecular complexity index is 1190. The highest BCUT2D eigenvalue weighted by Gasteiger charge is 2.32. The largest absolute Gasteiger partial charge is 0.302 e. The van der Waals surface area contributed by atoms with E-state index in [1.54, 1.807) is 6.20 Å². The maximum atomic E-state index is 12.7. The maximum Gasteiger partial charge on any atom is 0.266 e. The van der Waals surface area contributed by atoms with Gasteiger partial charge in [-0.1, -0.05) is 84.1 Å². The van der Waals surface area contributed by atoms with Crippen molar-refractivity contribution in [3.05, 3.63) is 87.3 Å². The minimum atomic E-state index is -0.192. The summed E-state index contributed by atoms with van der Waals surface area (Å²) in [7, 11) is 0. The molecule has 4 rings (SSSR count). The number of thiocarbonyl (C=S) groups is 1. The van der Waals surface area contributed by atoms with Crippen molar-refractivity contribution in [2.24, 2.45) is 0 Å². The molecule has 5 nitrogen and oxygen atoms in total. The summed E-state index contributed by atoms with van der Waals surface area (Å²) < 4.78 is 0.472. The molecule has 2 heterocycles. The molecule has 8 heteroatoms. The van der Waals surface area contributed by atoms with Gasteiger partial charge in [0.25, 0.3) is 5.91 Å². The van der Waals surface area contributed by atoms with Gasteiger partial charge in [0, 0.05) is 30.5 Å². The first-order valence-corrected chi connectivity index (χ1v) is 12.1. The minimum Gasteiger partial charge on any atom is -0.302 e. The number of carbonyl (C=O) groups is 2. The van der Waals surface area contributed by atoms with Crippen LogP contribution < -0.4 is 5.32 Å². The molecule has 1 aliphatic rings. The van der Waals surface area contributed by atoms with E-state index in [-0.39, 0.29) is 24.8 Å². The Morgan fingerprint density at radius 1 is 1.19 bits per heavy atom. The van der Waals surface area contributed by atoms with E-state index in [2.05, 4.69) is 35.4 Å². The molecule has 0 unspecified atom stereocenters. The van der Waals surface area contributed by atoms with Crippen molar-refractivity contribution in [3.63, 3.8) is 0 Å². The summed E-state index contributed by atoms with van der Waals surface area (Å²) in [5, 5.41) is 3.39. The Morgan fingerprint density at radius 3 is 2.78 bits per heavy atom. The van der Waals surface area contributed by atoms with Crippen LogP contribution in [0.2, 0.25) is 0 Å². The fraction of sp³-hybridized carbons (Fsp3) is 0.167. The third-order valence-corrected chi connectivity index (χ3v) is 7.08. The number of hydrogen-bond donors (Lipinski definition) is 1. The Labute approximate surface area is 200 Å². The fourth-order valence-electron chi connectivity index (χ4n) is 3.26. The van der Waals surface area contributed by atoms with Gasteiger partial charge in [-0.15, -0.1) is 11.3 Å². The Balaban J connectivity index is 1.30. The molecule has 0 atom stereocenters. The maximum absolute atomic E-state index is 12.7. The molecule has 1 fully saturated rings. The second kappa shape index (κ2) is 10.2. The highest BCUT2D eigenvalue weighted by Crippen LogP contribution is 2.32. The van der Waals surface area contributed by atoms with Gasteiger partial charge in [-0.3, -0.25) is 14.5 Å². The first-order chi connectivity index (χ1) is 15.5. The number of rotatable bonds is 7. The molecule has 162 valence electrons. The smallest absolute Gasteiger partial charge is 0.266 e. The summed E-state index contributed by atoms with van der Waals surface area (Å²) in [6.45, 7) is 2.31. The van der Waals surface area contributed by atoms with Crippen LogP contribution in [-0.2, 0) is 16.0 Å².